The number of benzene rings is 2. The summed E-state index contributed by atoms with van der Waals surface area (Å²) in [7, 11) is -3.69. The zero-order chi connectivity index (χ0) is 28.8. The molecule has 3 aliphatic rings. The van der Waals surface area contributed by atoms with Gasteiger partial charge in [0.2, 0.25) is 5.91 Å². The summed E-state index contributed by atoms with van der Waals surface area (Å²) in [6, 6.07) is 14.1. The number of hydrogen-bond acceptors (Lipinski definition) is 8. The van der Waals surface area contributed by atoms with Gasteiger partial charge < -0.3 is 15.1 Å². The maximum Gasteiger partial charge on any atom is 0.441 e. The van der Waals surface area contributed by atoms with Gasteiger partial charge in [-0.05, 0) is 92.4 Å². The number of fused-ring (bicyclic) bond motifs is 4. The minimum atomic E-state index is -3.69. The molecule has 0 spiro atoms. The molecule has 2 bridgehead atoms. The van der Waals surface area contributed by atoms with Crippen molar-refractivity contribution in [3.05, 3.63) is 64.1 Å². The third-order valence-electron chi connectivity index (χ3n) is 9.51. The molecule has 3 aromatic rings. The summed E-state index contributed by atoms with van der Waals surface area (Å²) in [5, 5.41) is 16.8. The average molecular weight is 575 g/mol. The Hall–Kier alpha value is -3.71. The summed E-state index contributed by atoms with van der Waals surface area (Å²) in [5.41, 5.74) is 1.31. The van der Waals surface area contributed by atoms with E-state index < -0.39 is 27.2 Å². The number of amides is 1. The lowest BCUT2D eigenvalue weighted by molar-refractivity contribution is -0.123. The first kappa shape index (κ1) is 27.5. The molecule has 10 heteroatoms. The lowest BCUT2D eigenvalue weighted by atomic mass is 9.78. The molecule has 9 nitrogen and oxygen atoms in total. The molecular formula is C31H34N4O5S. The molecule has 2 aromatic carbocycles. The third kappa shape index (κ3) is 5.35. The highest BCUT2D eigenvalue weighted by Gasteiger charge is 2.45. The van der Waals surface area contributed by atoms with E-state index in [0.29, 0.717) is 31.1 Å². The predicted octanol–water partition coefficient (Wildman–Crippen LogP) is 4.30. The van der Waals surface area contributed by atoms with E-state index in [1.165, 1.54) is 30.9 Å². The van der Waals surface area contributed by atoms with Crippen LogP contribution >= 0.6 is 0 Å². The van der Waals surface area contributed by atoms with Crippen molar-refractivity contribution >= 4 is 32.5 Å². The molecule has 1 aromatic heterocycles. The van der Waals surface area contributed by atoms with E-state index in [1.54, 1.807) is 12.1 Å². The first-order chi connectivity index (χ1) is 19.6. The van der Waals surface area contributed by atoms with Gasteiger partial charge in [-0.2, -0.15) is 10.2 Å². The number of para-hydroxylation sites is 1. The second kappa shape index (κ2) is 10.3. The van der Waals surface area contributed by atoms with Crippen molar-refractivity contribution in [2.75, 3.05) is 11.6 Å². The molecule has 41 heavy (non-hydrogen) atoms. The molecule has 1 heterocycles. The fourth-order valence-corrected chi connectivity index (χ4v) is 8.12. The van der Waals surface area contributed by atoms with Gasteiger partial charge in [-0.1, -0.05) is 30.3 Å². The first-order valence-corrected chi connectivity index (χ1v) is 16.2. The highest BCUT2D eigenvalue weighted by atomic mass is 32.2. The number of aryl methyl sites for hydroxylation is 1. The number of carbonyl (C=O) groups excluding carboxylic acids is 1. The monoisotopic (exact) mass is 574 g/mol. The third-order valence-corrected chi connectivity index (χ3v) is 10.6. The highest BCUT2D eigenvalue weighted by Crippen LogP contribution is 2.56. The number of nitriles is 1. The van der Waals surface area contributed by atoms with Crippen LogP contribution in [-0.4, -0.2) is 37.1 Å². The maximum absolute atomic E-state index is 14.0. The molecule has 214 valence electrons. The van der Waals surface area contributed by atoms with Gasteiger partial charge in [0, 0.05) is 12.7 Å². The van der Waals surface area contributed by atoms with Crippen LogP contribution in [0, 0.1) is 22.7 Å². The fraction of sp³-hybridized carbons (Fsp3) is 0.484. The number of rotatable bonds is 8. The summed E-state index contributed by atoms with van der Waals surface area (Å²) in [5.74, 6) is -0.439. The van der Waals surface area contributed by atoms with Gasteiger partial charge in [-0.3, -0.25) is 4.79 Å². The number of aromatic nitrogens is 1. The Balaban J connectivity index is 1.33. The van der Waals surface area contributed by atoms with E-state index >= 15 is 0 Å². The molecule has 2 saturated carbocycles. The van der Waals surface area contributed by atoms with Gasteiger partial charge in [0.25, 0.3) is 0 Å². The van der Waals surface area contributed by atoms with Crippen molar-refractivity contribution < 1.29 is 17.6 Å². The highest BCUT2D eigenvalue weighted by molar-refractivity contribution is 7.91. The Kier molecular flexibility index (Phi) is 6.89. The number of hydrogen-bond donors (Lipinski definition) is 2. The van der Waals surface area contributed by atoms with Crippen molar-refractivity contribution in [1.82, 2.24) is 10.3 Å². The van der Waals surface area contributed by atoms with Gasteiger partial charge in [0.15, 0.2) is 15.4 Å². The van der Waals surface area contributed by atoms with E-state index in [9.17, 15) is 23.3 Å². The molecule has 0 radical (unpaired) electrons. The quantitative estimate of drug-likeness (QED) is 0.406. The van der Waals surface area contributed by atoms with Crippen LogP contribution in [0.1, 0.15) is 62.5 Å². The molecule has 2 unspecified atom stereocenters. The van der Waals surface area contributed by atoms with Crippen LogP contribution in [0.4, 0.5) is 5.82 Å². The van der Waals surface area contributed by atoms with Crippen LogP contribution < -0.4 is 16.4 Å². The number of sulfone groups is 1. The Morgan fingerprint density at radius 3 is 2.59 bits per heavy atom. The maximum atomic E-state index is 14.0. The SMILES string of the molecule is CS(=O)(=O)c1cccc2c(NC(CCC34CCC(CC3)C4)C(=O)NC3(C#N)CCc4ccccc4C3)nc(=O)oc12. The van der Waals surface area contributed by atoms with Crippen molar-refractivity contribution in [2.24, 2.45) is 11.3 Å². The molecule has 2 fully saturated rings. The van der Waals surface area contributed by atoms with E-state index in [1.807, 2.05) is 18.2 Å². The molecule has 2 atom stereocenters. The zero-order valence-corrected chi connectivity index (χ0v) is 23.9. The normalized spacial score (nSPS) is 25.8. The predicted molar refractivity (Wildman–Crippen MR) is 154 cm³/mol. The van der Waals surface area contributed by atoms with E-state index in [4.69, 9.17) is 4.42 Å². The summed E-state index contributed by atoms with van der Waals surface area (Å²) in [4.78, 5) is 30.4. The minimum Gasteiger partial charge on any atom is -0.406 e. The Labute approximate surface area is 239 Å². The summed E-state index contributed by atoms with van der Waals surface area (Å²) >= 11 is 0. The Morgan fingerprint density at radius 1 is 1.15 bits per heavy atom. The Bertz CT molecular complexity index is 1720. The van der Waals surface area contributed by atoms with Crippen LogP contribution in [0.15, 0.2) is 56.6 Å². The zero-order valence-electron chi connectivity index (χ0n) is 23.1. The molecule has 0 aliphatic heterocycles. The molecule has 6 rings (SSSR count). The molecule has 3 aliphatic carbocycles. The minimum absolute atomic E-state index is 0.0927. The van der Waals surface area contributed by atoms with Crippen molar-refractivity contribution in [1.29, 1.82) is 5.26 Å². The van der Waals surface area contributed by atoms with E-state index in [-0.39, 0.29) is 27.6 Å². The number of anilines is 1. The largest absolute Gasteiger partial charge is 0.441 e. The molecular weight excluding hydrogens is 540 g/mol. The van der Waals surface area contributed by atoms with Crippen molar-refractivity contribution in [2.45, 2.75) is 80.7 Å². The number of carbonyl (C=O) groups is 1. The van der Waals surface area contributed by atoms with E-state index in [2.05, 4.69) is 27.8 Å². The van der Waals surface area contributed by atoms with Crippen LogP contribution in [0.25, 0.3) is 11.0 Å². The number of nitrogens with one attached hydrogen (secondary N) is 2. The summed E-state index contributed by atoms with van der Waals surface area (Å²) < 4.78 is 30.0. The van der Waals surface area contributed by atoms with Gasteiger partial charge in [-0.25, -0.2) is 13.2 Å². The second-order valence-electron chi connectivity index (χ2n) is 12.2. The van der Waals surface area contributed by atoms with Crippen LogP contribution in [0.5, 0.6) is 0 Å². The van der Waals surface area contributed by atoms with Gasteiger partial charge in [-0.15, -0.1) is 0 Å². The van der Waals surface area contributed by atoms with Crippen molar-refractivity contribution in [3.8, 4) is 6.07 Å². The van der Waals surface area contributed by atoms with E-state index in [0.717, 1.165) is 37.0 Å². The van der Waals surface area contributed by atoms with Gasteiger partial charge >= 0.3 is 5.76 Å². The smallest absolute Gasteiger partial charge is 0.406 e. The summed E-state index contributed by atoms with van der Waals surface area (Å²) in [6.07, 6.45) is 9.90. The molecule has 0 saturated heterocycles. The summed E-state index contributed by atoms with van der Waals surface area (Å²) in [6.45, 7) is 0. The Morgan fingerprint density at radius 2 is 1.90 bits per heavy atom. The van der Waals surface area contributed by atoms with Crippen LogP contribution in [-0.2, 0) is 27.5 Å². The topological polar surface area (TPSA) is 142 Å². The average Bonchev–Trinajstić information content (AvgIpc) is 3.56. The fourth-order valence-electron chi connectivity index (χ4n) is 7.31. The molecule has 2 N–H and O–H groups in total. The second-order valence-corrected chi connectivity index (χ2v) is 14.2. The van der Waals surface area contributed by atoms with Crippen LogP contribution in [0.2, 0.25) is 0 Å². The van der Waals surface area contributed by atoms with Crippen molar-refractivity contribution in [3.63, 3.8) is 0 Å². The van der Waals surface area contributed by atoms with Crippen LogP contribution in [0.3, 0.4) is 0 Å². The first-order valence-electron chi connectivity index (χ1n) is 14.3. The lowest BCUT2D eigenvalue weighted by Gasteiger charge is -2.35. The van der Waals surface area contributed by atoms with Gasteiger partial charge in [0.05, 0.1) is 11.5 Å². The standard InChI is InChI=1S/C31H34N4O5S/c1-41(38,39)25-8-4-7-23-26(25)40-29(37)34-27(23)33-24(12-15-30-13-9-20(17-30)10-14-30)28(36)35-31(19-32)16-11-21-5-2-3-6-22(21)18-31/h2-8,20,24H,9-18H2,1H3,(H,35,36)(H,33,34,37). The molecule has 1 amide bonds. The van der Waals surface area contributed by atoms with Gasteiger partial charge in [0.1, 0.15) is 22.3 Å². The number of nitrogens with zero attached hydrogens (tertiary/aromatic N) is 2. The lowest BCUT2D eigenvalue weighted by Crippen LogP contribution is -2.55.